The molecule has 138 valence electrons. The maximum atomic E-state index is 13.6. The Morgan fingerprint density at radius 2 is 2.23 bits per heavy atom. The largest absolute Gasteiger partial charge is 0.481 e. The molecular formula is C16H17FN4O4S. The van der Waals surface area contributed by atoms with Crippen LogP contribution in [0.4, 0.5) is 10.1 Å². The van der Waals surface area contributed by atoms with Crippen molar-refractivity contribution in [2.75, 3.05) is 31.2 Å². The minimum Gasteiger partial charge on any atom is -0.481 e. The molecule has 1 amide bonds. The minimum atomic E-state index is -1.06. The standard InChI is InChI=1S/C16H17FN4O4S/c17-11-1-2-12(21-3-5-25-6-4-21)10(7-11)9-18-20-16-19-15(24)13(26-16)8-14(22)23/h1-2,7,9,13H,3-6,8H2,(H,22,23)(H,19,20,24). The number of carboxylic acids is 1. The van der Waals surface area contributed by atoms with E-state index in [0.717, 1.165) is 17.4 Å². The Balaban J connectivity index is 1.73. The van der Waals surface area contributed by atoms with E-state index in [1.54, 1.807) is 6.07 Å². The second kappa shape index (κ2) is 8.28. The molecule has 0 spiro atoms. The molecule has 10 heteroatoms. The fourth-order valence-electron chi connectivity index (χ4n) is 2.61. The summed E-state index contributed by atoms with van der Waals surface area (Å²) in [5.41, 5.74) is 1.39. The zero-order valence-electron chi connectivity index (χ0n) is 13.7. The molecule has 0 saturated carbocycles. The number of morpholine rings is 1. The van der Waals surface area contributed by atoms with Gasteiger partial charge in [0.25, 0.3) is 0 Å². The predicted octanol–water partition coefficient (Wildman–Crippen LogP) is 1.06. The van der Waals surface area contributed by atoms with Crippen LogP contribution in [0.15, 0.2) is 28.4 Å². The molecule has 0 radical (unpaired) electrons. The van der Waals surface area contributed by atoms with Crippen molar-refractivity contribution in [1.29, 1.82) is 0 Å². The number of benzene rings is 1. The van der Waals surface area contributed by atoms with Crippen molar-refractivity contribution < 1.29 is 23.8 Å². The molecule has 0 aliphatic carbocycles. The molecule has 8 nitrogen and oxygen atoms in total. The first-order chi connectivity index (χ1) is 12.5. The van der Waals surface area contributed by atoms with Crippen LogP contribution in [0.1, 0.15) is 12.0 Å². The van der Waals surface area contributed by atoms with Crippen molar-refractivity contribution in [2.45, 2.75) is 11.7 Å². The Labute approximate surface area is 153 Å². The van der Waals surface area contributed by atoms with Gasteiger partial charge in [0, 0.05) is 24.3 Å². The van der Waals surface area contributed by atoms with Crippen LogP contribution in [0.25, 0.3) is 0 Å². The van der Waals surface area contributed by atoms with E-state index >= 15 is 0 Å². The van der Waals surface area contributed by atoms with Gasteiger partial charge in [0.05, 0.1) is 25.8 Å². The third-order valence-corrected chi connectivity index (χ3v) is 4.90. The van der Waals surface area contributed by atoms with E-state index in [2.05, 4.69) is 20.4 Å². The smallest absolute Gasteiger partial charge is 0.305 e. The van der Waals surface area contributed by atoms with Crippen molar-refractivity contribution >= 4 is 40.7 Å². The van der Waals surface area contributed by atoms with Gasteiger partial charge in [0.2, 0.25) is 5.91 Å². The lowest BCUT2D eigenvalue weighted by molar-refractivity contribution is -0.138. The second-order valence-electron chi connectivity index (χ2n) is 5.65. The highest BCUT2D eigenvalue weighted by Gasteiger charge is 2.32. The molecule has 2 saturated heterocycles. The molecule has 2 aliphatic rings. The van der Waals surface area contributed by atoms with Crippen LogP contribution in [0.2, 0.25) is 0 Å². The predicted molar refractivity (Wildman–Crippen MR) is 96.2 cm³/mol. The number of anilines is 1. The maximum absolute atomic E-state index is 13.6. The normalized spacial score (nSPS) is 22.2. The number of aliphatic carboxylic acids is 1. The molecule has 1 atom stereocenters. The Morgan fingerprint density at radius 1 is 1.46 bits per heavy atom. The summed E-state index contributed by atoms with van der Waals surface area (Å²) in [5, 5.41) is 18.6. The molecule has 2 heterocycles. The first-order valence-corrected chi connectivity index (χ1v) is 8.83. The number of amidine groups is 1. The van der Waals surface area contributed by atoms with Crippen molar-refractivity contribution in [3.63, 3.8) is 0 Å². The van der Waals surface area contributed by atoms with Crippen LogP contribution in [0, 0.1) is 5.82 Å². The summed E-state index contributed by atoms with van der Waals surface area (Å²) < 4.78 is 18.9. The third-order valence-electron chi connectivity index (χ3n) is 3.82. The number of rotatable bonds is 5. The average Bonchev–Trinajstić information content (AvgIpc) is 2.95. The first kappa shape index (κ1) is 18.3. The van der Waals surface area contributed by atoms with Crippen LogP contribution in [0.5, 0.6) is 0 Å². The molecule has 1 unspecified atom stereocenters. The fraction of sp³-hybridized carbons (Fsp3) is 0.375. The first-order valence-electron chi connectivity index (χ1n) is 7.95. The third kappa shape index (κ3) is 4.58. The number of hydrogen-bond acceptors (Lipinski definition) is 7. The lowest BCUT2D eigenvalue weighted by Crippen LogP contribution is -2.36. The number of carbonyl (C=O) groups is 2. The number of carboxylic acid groups (broad SMARTS) is 1. The van der Waals surface area contributed by atoms with Crippen molar-refractivity contribution in [1.82, 2.24) is 5.32 Å². The Kier molecular flexibility index (Phi) is 5.84. The van der Waals surface area contributed by atoms with E-state index in [4.69, 9.17) is 9.84 Å². The summed E-state index contributed by atoms with van der Waals surface area (Å²) in [4.78, 5) is 24.5. The molecule has 2 aliphatic heterocycles. The molecule has 2 N–H and O–H groups in total. The van der Waals surface area contributed by atoms with E-state index in [1.807, 2.05) is 0 Å². The van der Waals surface area contributed by atoms with Gasteiger partial charge in [-0.1, -0.05) is 11.8 Å². The monoisotopic (exact) mass is 380 g/mol. The van der Waals surface area contributed by atoms with Crippen LogP contribution in [-0.2, 0) is 14.3 Å². The lowest BCUT2D eigenvalue weighted by atomic mass is 10.1. The SMILES string of the molecule is O=C(O)CC1SC(=NN=Cc2cc(F)ccc2N2CCOCC2)NC1=O. The highest BCUT2D eigenvalue weighted by atomic mass is 32.2. The fourth-order valence-corrected chi connectivity index (χ4v) is 3.52. The zero-order chi connectivity index (χ0) is 18.5. The van der Waals surface area contributed by atoms with Gasteiger partial charge in [-0.05, 0) is 18.2 Å². The molecule has 0 aromatic heterocycles. The maximum Gasteiger partial charge on any atom is 0.305 e. The number of nitrogens with zero attached hydrogens (tertiary/aromatic N) is 3. The van der Waals surface area contributed by atoms with Gasteiger partial charge in [0.1, 0.15) is 11.1 Å². The quantitative estimate of drug-likeness (QED) is 0.585. The Hall–Kier alpha value is -2.46. The van der Waals surface area contributed by atoms with Gasteiger partial charge in [-0.3, -0.25) is 9.59 Å². The average molecular weight is 380 g/mol. The summed E-state index contributed by atoms with van der Waals surface area (Å²) in [6.07, 6.45) is 1.13. The van der Waals surface area contributed by atoms with E-state index in [-0.39, 0.29) is 17.4 Å². The lowest BCUT2D eigenvalue weighted by Gasteiger charge is -2.30. The van der Waals surface area contributed by atoms with Crippen LogP contribution in [-0.4, -0.2) is 59.9 Å². The van der Waals surface area contributed by atoms with Gasteiger partial charge in [-0.2, -0.15) is 5.10 Å². The molecule has 2 fully saturated rings. The number of nitrogens with one attached hydrogen (secondary N) is 1. The summed E-state index contributed by atoms with van der Waals surface area (Å²) in [6.45, 7) is 2.60. The number of ether oxygens (including phenoxy) is 1. The second-order valence-corrected chi connectivity index (χ2v) is 6.84. The number of amides is 1. The molecule has 26 heavy (non-hydrogen) atoms. The topological polar surface area (TPSA) is 104 Å². The van der Waals surface area contributed by atoms with E-state index in [0.29, 0.717) is 31.9 Å². The molecular weight excluding hydrogens is 363 g/mol. The number of halogens is 1. The van der Waals surface area contributed by atoms with Crippen molar-refractivity contribution in [3.8, 4) is 0 Å². The molecule has 1 aromatic rings. The summed E-state index contributed by atoms with van der Waals surface area (Å²) >= 11 is 1.01. The van der Waals surface area contributed by atoms with Crippen LogP contribution >= 0.6 is 11.8 Å². The number of hydrogen-bond donors (Lipinski definition) is 2. The highest BCUT2D eigenvalue weighted by Crippen LogP contribution is 2.23. The van der Waals surface area contributed by atoms with Crippen molar-refractivity contribution in [3.05, 3.63) is 29.6 Å². The molecule has 0 bridgehead atoms. The van der Waals surface area contributed by atoms with Crippen molar-refractivity contribution in [2.24, 2.45) is 10.2 Å². The van der Waals surface area contributed by atoms with E-state index in [9.17, 15) is 14.0 Å². The summed E-state index contributed by atoms with van der Waals surface area (Å²) in [6, 6.07) is 4.43. The zero-order valence-corrected chi connectivity index (χ0v) is 14.5. The van der Waals surface area contributed by atoms with Crippen LogP contribution in [0.3, 0.4) is 0 Å². The van der Waals surface area contributed by atoms with Crippen LogP contribution < -0.4 is 10.2 Å². The molecule has 3 rings (SSSR count). The van der Waals surface area contributed by atoms with E-state index in [1.165, 1.54) is 18.3 Å². The van der Waals surface area contributed by atoms with Gasteiger partial charge >= 0.3 is 5.97 Å². The van der Waals surface area contributed by atoms with Gasteiger partial charge < -0.3 is 20.1 Å². The summed E-state index contributed by atoms with van der Waals surface area (Å²) in [5.74, 6) is -1.86. The molecule has 1 aromatic carbocycles. The highest BCUT2D eigenvalue weighted by molar-refractivity contribution is 8.15. The number of carbonyl (C=O) groups excluding carboxylic acids is 1. The van der Waals surface area contributed by atoms with E-state index < -0.39 is 17.1 Å². The Bertz CT molecular complexity index is 765. The number of thioether (sulfide) groups is 1. The van der Waals surface area contributed by atoms with Gasteiger partial charge in [0.15, 0.2) is 5.17 Å². The Morgan fingerprint density at radius 3 is 2.96 bits per heavy atom. The van der Waals surface area contributed by atoms with Gasteiger partial charge in [-0.25, -0.2) is 4.39 Å². The summed E-state index contributed by atoms with van der Waals surface area (Å²) in [7, 11) is 0. The minimum absolute atomic E-state index is 0.224. The van der Waals surface area contributed by atoms with Gasteiger partial charge in [-0.15, -0.1) is 5.10 Å².